The number of H-pyrrole nitrogens is 1. The molecule has 0 saturated heterocycles. The van der Waals surface area contributed by atoms with Crippen LogP contribution in [0.15, 0.2) is 16.6 Å². The standard InChI is InChI=1S/C9H10N4O/c1-4(10)9-5-2-8(14)13-12-7(5)3-6(9)11/h2,11H,3,10H2,1H3,(H,13,14). The zero-order valence-electron chi connectivity index (χ0n) is 7.72. The number of allylic oxidation sites excluding steroid dienone is 2. The molecular formula is C9H10N4O. The summed E-state index contributed by atoms with van der Waals surface area (Å²) in [5.74, 6) is 0. The monoisotopic (exact) mass is 190 g/mol. The lowest BCUT2D eigenvalue weighted by atomic mass is 10.1. The number of rotatable bonds is 0. The highest BCUT2D eigenvalue weighted by atomic mass is 16.1. The van der Waals surface area contributed by atoms with Crippen LogP contribution in [0, 0.1) is 5.41 Å². The Morgan fingerprint density at radius 3 is 3.07 bits per heavy atom. The second-order valence-corrected chi connectivity index (χ2v) is 3.31. The van der Waals surface area contributed by atoms with Crippen LogP contribution in [0.4, 0.5) is 0 Å². The van der Waals surface area contributed by atoms with Gasteiger partial charge in [-0.2, -0.15) is 5.10 Å². The first-order valence-electron chi connectivity index (χ1n) is 4.22. The molecule has 5 heteroatoms. The van der Waals surface area contributed by atoms with Gasteiger partial charge in [-0.25, -0.2) is 5.10 Å². The third kappa shape index (κ3) is 1.14. The van der Waals surface area contributed by atoms with Crippen molar-refractivity contribution in [2.45, 2.75) is 13.3 Å². The summed E-state index contributed by atoms with van der Waals surface area (Å²) in [6, 6.07) is 1.44. The SMILES string of the molecule is CC(N)=C1C(=N)Cc2n[nH]c(=O)cc21. The van der Waals surface area contributed by atoms with Gasteiger partial charge >= 0.3 is 0 Å². The molecule has 0 spiro atoms. The van der Waals surface area contributed by atoms with Crippen LogP contribution in [0.5, 0.6) is 0 Å². The number of nitrogens with one attached hydrogen (secondary N) is 2. The van der Waals surface area contributed by atoms with Crippen molar-refractivity contribution in [2.24, 2.45) is 5.73 Å². The van der Waals surface area contributed by atoms with Gasteiger partial charge in [0.15, 0.2) is 0 Å². The normalized spacial score (nSPS) is 18.2. The van der Waals surface area contributed by atoms with Crippen molar-refractivity contribution in [3.63, 3.8) is 0 Å². The van der Waals surface area contributed by atoms with Crippen molar-refractivity contribution in [2.75, 3.05) is 0 Å². The molecule has 0 atom stereocenters. The van der Waals surface area contributed by atoms with Gasteiger partial charge in [-0.3, -0.25) is 4.79 Å². The lowest BCUT2D eigenvalue weighted by Crippen LogP contribution is -2.09. The van der Waals surface area contributed by atoms with E-state index in [2.05, 4.69) is 10.2 Å². The number of nitrogens with two attached hydrogens (primary N) is 1. The van der Waals surface area contributed by atoms with E-state index in [1.54, 1.807) is 6.92 Å². The Bertz CT molecular complexity index is 494. The van der Waals surface area contributed by atoms with E-state index in [4.69, 9.17) is 11.1 Å². The summed E-state index contributed by atoms with van der Waals surface area (Å²) in [6.07, 6.45) is 0.440. The highest BCUT2D eigenvalue weighted by molar-refractivity contribution is 6.27. The lowest BCUT2D eigenvalue weighted by Gasteiger charge is -2.01. The van der Waals surface area contributed by atoms with E-state index in [-0.39, 0.29) is 5.56 Å². The predicted molar refractivity (Wildman–Crippen MR) is 53.1 cm³/mol. The minimum Gasteiger partial charge on any atom is -0.402 e. The summed E-state index contributed by atoms with van der Waals surface area (Å²) in [4.78, 5) is 11.1. The molecule has 0 radical (unpaired) electrons. The molecule has 0 aliphatic heterocycles. The van der Waals surface area contributed by atoms with Gasteiger partial charge in [0.2, 0.25) is 0 Å². The first kappa shape index (κ1) is 8.68. The molecular weight excluding hydrogens is 180 g/mol. The predicted octanol–water partition coefficient (Wildman–Crippen LogP) is 0.0355. The van der Waals surface area contributed by atoms with Crippen molar-refractivity contribution in [3.05, 3.63) is 33.4 Å². The first-order valence-corrected chi connectivity index (χ1v) is 4.22. The molecule has 5 nitrogen and oxygen atoms in total. The molecule has 1 aromatic heterocycles. The Kier molecular flexibility index (Phi) is 1.73. The Balaban J connectivity index is 2.74. The summed E-state index contributed by atoms with van der Waals surface area (Å²) in [5.41, 5.74) is 8.43. The van der Waals surface area contributed by atoms with E-state index >= 15 is 0 Å². The van der Waals surface area contributed by atoms with E-state index in [0.29, 0.717) is 29.0 Å². The van der Waals surface area contributed by atoms with Gasteiger partial charge in [-0.15, -0.1) is 0 Å². The topological polar surface area (TPSA) is 95.6 Å². The number of nitrogens with zero attached hydrogens (tertiary/aromatic N) is 1. The molecule has 0 bridgehead atoms. The Labute approximate surface area is 80.2 Å². The molecule has 1 aliphatic rings. The van der Waals surface area contributed by atoms with Crippen LogP contribution < -0.4 is 11.3 Å². The molecule has 1 aliphatic carbocycles. The lowest BCUT2D eigenvalue weighted by molar-refractivity contribution is 0.932. The first-order chi connectivity index (χ1) is 6.59. The summed E-state index contributed by atoms with van der Waals surface area (Å²) in [6.45, 7) is 1.72. The average Bonchev–Trinajstić information content (AvgIpc) is 2.40. The van der Waals surface area contributed by atoms with Crippen molar-refractivity contribution < 1.29 is 0 Å². The van der Waals surface area contributed by atoms with Gasteiger partial charge < -0.3 is 11.1 Å². The van der Waals surface area contributed by atoms with E-state index in [1.165, 1.54) is 6.07 Å². The Hall–Kier alpha value is -1.91. The van der Waals surface area contributed by atoms with Crippen molar-refractivity contribution in [3.8, 4) is 0 Å². The highest BCUT2D eigenvalue weighted by Gasteiger charge is 2.24. The van der Waals surface area contributed by atoms with Gasteiger partial charge in [-0.1, -0.05) is 0 Å². The minimum absolute atomic E-state index is 0.266. The Morgan fingerprint density at radius 1 is 1.71 bits per heavy atom. The fourth-order valence-electron chi connectivity index (χ4n) is 1.65. The molecule has 1 heterocycles. The molecule has 14 heavy (non-hydrogen) atoms. The largest absolute Gasteiger partial charge is 0.402 e. The second-order valence-electron chi connectivity index (χ2n) is 3.31. The number of fused-ring (bicyclic) bond motifs is 1. The fourth-order valence-corrected chi connectivity index (χ4v) is 1.65. The molecule has 0 aromatic carbocycles. The Morgan fingerprint density at radius 2 is 2.43 bits per heavy atom. The maximum Gasteiger partial charge on any atom is 0.264 e. The number of aromatic nitrogens is 2. The third-order valence-electron chi connectivity index (χ3n) is 2.20. The van der Waals surface area contributed by atoms with Crippen molar-refractivity contribution in [1.82, 2.24) is 10.2 Å². The van der Waals surface area contributed by atoms with E-state index < -0.39 is 0 Å². The molecule has 0 fully saturated rings. The molecule has 0 amide bonds. The summed E-state index contributed by atoms with van der Waals surface area (Å²) >= 11 is 0. The van der Waals surface area contributed by atoms with Gasteiger partial charge in [-0.05, 0) is 6.92 Å². The van der Waals surface area contributed by atoms with E-state index in [0.717, 1.165) is 5.69 Å². The molecule has 2 rings (SSSR count). The molecule has 0 unspecified atom stereocenters. The van der Waals surface area contributed by atoms with Crippen LogP contribution in [0.1, 0.15) is 18.2 Å². The van der Waals surface area contributed by atoms with Crippen molar-refractivity contribution in [1.29, 1.82) is 5.41 Å². The van der Waals surface area contributed by atoms with Crippen LogP contribution in [-0.2, 0) is 6.42 Å². The van der Waals surface area contributed by atoms with Crippen LogP contribution in [0.2, 0.25) is 0 Å². The van der Waals surface area contributed by atoms with Crippen molar-refractivity contribution >= 4 is 11.3 Å². The van der Waals surface area contributed by atoms with Crippen LogP contribution in [-0.4, -0.2) is 15.9 Å². The summed E-state index contributed by atoms with van der Waals surface area (Å²) in [5, 5.41) is 13.9. The van der Waals surface area contributed by atoms with E-state index in [1.807, 2.05) is 0 Å². The van der Waals surface area contributed by atoms with Crippen LogP contribution in [0.3, 0.4) is 0 Å². The van der Waals surface area contributed by atoms with Crippen LogP contribution >= 0.6 is 0 Å². The molecule has 72 valence electrons. The number of hydrogen-bond acceptors (Lipinski definition) is 4. The summed E-state index contributed by atoms with van der Waals surface area (Å²) < 4.78 is 0. The van der Waals surface area contributed by atoms with Crippen LogP contribution in [0.25, 0.3) is 5.57 Å². The molecule has 1 aromatic rings. The maximum atomic E-state index is 11.1. The zero-order valence-corrected chi connectivity index (χ0v) is 7.72. The van der Waals surface area contributed by atoms with Gasteiger partial charge in [0, 0.05) is 35.0 Å². The van der Waals surface area contributed by atoms with E-state index in [9.17, 15) is 4.79 Å². The smallest absolute Gasteiger partial charge is 0.264 e. The van der Waals surface area contributed by atoms with Gasteiger partial charge in [0.25, 0.3) is 5.56 Å². The average molecular weight is 190 g/mol. The molecule has 0 saturated carbocycles. The van der Waals surface area contributed by atoms with Gasteiger partial charge in [0.1, 0.15) is 0 Å². The number of hydrogen-bond donors (Lipinski definition) is 3. The second kappa shape index (κ2) is 2.80. The zero-order chi connectivity index (χ0) is 10.3. The summed E-state index contributed by atoms with van der Waals surface area (Å²) in [7, 11) is 0. The highest BCUT2D eigenvalue weighted by Crippen LogP contribution is 2.27. The number of aromatic amines is 1. The third-order valence-corrected chi connectivity index (χ3v) is 2.20. The van der Waals surface area contributed by atoms with Gasteiger partial charge in [0.05, 0.1) is 5.69 Å². The fraction of sp³-hybridized carbons (Fsp3) is 0.222. The quantitative estimate of drug-likeness (QED) is 0.538. The molecule has 4 N–H and O–H groups in total. The maximum absolute atomic E-state index is 11.1. The minimum atomic E-state index is -0.266.